The Morgan fingerprint density at radius 3 is 2.74 bits per heavy atom. The maximum absolute atomic E-state index is 5.42. The minimum Gasteiger partial charge on any atom is -0.496 e. The smallest absolute Gasteiger partial charge is 0.133 e. The number of aryl methyl sites for hydroxylation is 1. The molecule has 1 heterocycles. The van der Waals surface area contributed by atoms with Gasteiger partial charge in [-0.3, -0.25) is 0 Å². The van der Waals surface area contributed by atoms with Gasteiger partial charge in [0.2, 0.25) is 0 Å². The number of para-hydroxylation sites is 1. The average molecular weight is 274 g/mol. The lowest BCUT2D eigenvalue weighted by molar-refractivity contribution is 0.416. The molecule has 0 unspecified atom stereocenters. The van der Waals surface area contributed by atoms with Crippen molar-refractivity contribution in [3.05, 3.63) is 40.3 Å². The molecule has 0 aliphatic carbocycles. The highest BCUT2D eigenvalue weighted by Crippen LogP contribution is 2.30. The molecule has 0 amide bonds. The second kappa shape index (κ2) is 5.97. The van der Waals surface area contributed by atoms with Crippen LogP contribution in [0.2, 0.25) is 0 Å². The summed E-state index contributed by atoms with van der Waals surface area (Å²) in [4.78, 5) is 7.81. The molecule has 2 rings (SSSR count). The summed E-state index contributed by atoms with van der Waals surface area (Å²) in [5.74, 6) is 1.77. The fourth-order valence-electron chi connectivity index (χ4n) is 2.06. The van der Waals surface area contributed by atoms with Gasteiger partial charge in [0.25, 0.3) is 0 Å². The molecule has 1 aromatic heterocycles. The molecule has 1 N–H and O–H groups in total. The zero-order valence-corrected chi connectivity index (χ0v) is 12.3. The molecule has 4 heteroatoms. The largest absolute Gasteiger partial charge is 0.496 e. The van der Waals surface area contributed by atoms with E-state index >= 15 is 0 Å². The monoisotopic (exact) mass is 274 g/mol. The fraction of sp³-hybridized carbons (Fsp3) is 0.333. The van der Waals surface area contributed by atoms with Crippen molar-refractivity contribution in [2.75, 3.05) is 7.11 Å². The highest BCUT2D eigenvalue weighted by atomic mass is 32.1. The number of benzene rings is 1. The molecule has 19 heavy (non-hydrogen) atoms. The summed E-state index contributed by atoms with van der Waals surface area (Å²) in [6, 6.07) is 7.93. The Balaban J connectivity index is 2.63. The zero-order chi connectivity index (χ0) is 13.8. The lowest BCUT2D eigenvalue weighted by atomic mass is 10.1. The molecule has 0 atom stereocenters. The number of rotatable bonds is 4. The van der Waals surface area contributed by atoms with Crippen molar-refractivity contribution in [2.24, 2.45) is 0 Å². The number of ether oxygens (including phenoxy) is 1. The van der Waals surface area contributed by atoms with Crippen LogP contribution in [0.4, 0.5) is 0 Å². The van der Waals surface area contributed by atoms with E-state index in [9.17, 15) is 0 Å². The Morgan fingerprint density at radius 2 is 2.05 bits per heavy atom. The van der Waals surface area contributed by atoms with Crippen LogP contribution in [0, 0.1) is 11.6 Å². The Bertz CT molecular complexity index is 634. The number of methoxy groups -OCH3 is 1. The molecule has 3 nitrogen and oxygen atoms in total. The second-order valence-electron chi connectivity index (χ2n) is 4.44. The van der Waals surface area contributed by atoms with E-state index in [1.807, 2.05) is 31.2 Å². The zero-order valence-electron chi connectivity index (χ0n) is 11.5. The van der Waals surface area contributed by atoms with Gasteiger partial charge in [-0.1, -0.05) is 31.3 Å². The van der Waals surface area contributed by atoms with Gasteiger partial charge in [-0.05, 0) is 25.5 Å². The van der Waals surface area contributed by atoms with Crippen molar-refractivity contribution in [3.63, 3.8) is 0 Å². The molecule has 100 valence electrons. The summed E-state index contributed by atoms with van der Waals surface area (Å²) in [5.41, 5.74) is 3.01. The summed E-state index contributed by atoms with van der Waals surface area (Å²) >= 11 is 5.35. The number of nitrogens with one attached hydrogen (secondary N) is 1. The van der Waals surface area contributed by atoms with Crippen molar-refractivity contribution >= 4 is 12.2 Å². The Labute approximate surface area is 118 Å². The van der Waals surface area contributed by atoms with Crippen molar-refractivity contribution in [1.82, 2.24) is 9.97 Å². The summed E-state index contributed by atoms with van der Waals surface area (Å²) in [7, 11) is 1.68. The minimum absolute atomic E-state index is 0.656. The van der Waals surface area contributed by atoms with E-state index in [4.69, 9.17) is 17.0 Å². The van der Waals surface area contributed by atoms with Crippen LogP contribution in [0.3, 0.4) is 0 Å². The lowest BCUT2D eigenvalue weighted by Gasteiger charge is -2.12. The number of nitrogens with zero attached hydrogens (tertiary/aromatic N) is 1. The topological polar surface area (TPSA) is 37.9 Å². The highest BCUT2D eigenvalue weighted by molar-refractivity contribution is 7.71. The van der Waals surface area contributed by atoms with Crippen LogP contribution in [-0.4, -0.2) is 17.1 Å². The van der Waals surface area contributed by atoms with E-state index in [1.165, 1.54) is 0 Å². The molecular weight excluding hydrogens is 256 g/mol. The van der Waals surface area contributed by atoms with E-state index in [0.717, 1.165) is 41.2 Å². The predicted octanol–water partition coefficient (Wildman–Crippen LogP) is 4.08. The standard InChI is InChI=1S/C15H18N2OS/c1-4-7-13-16-14(10(2)15(19)17-13)11-8-5-6-9-12(11)18-3/h5-6,8-9H,4,7H2,1-3H3,(H,16,17,19). The summed E-state index contributed by atoms with van der Waals surface area (Å²) in [5, 5.41) is 0. The van der Waals surface area contributed by atoms with Gasteiger partial charge in [0.1, 0.15) is 16.2 Å². The first-order valence-electron chi connectivity index (χ1n) is 6.40. The number of H-pyrrole nitrogens is 1. The van der Waals surface area contributed by atoms with Crippen LogP contribution in [0.5, 0.6) is 5.75 Å². The number of aromatic nitrogens is 2. The third-order valence-corrected chi connectivity index (χ3v) is 3.46. The Hall–Kier alpha value is -1.68. The van der Waals surface area contributed by atoms with Crippen LogP contribution >= 0.6 is 12.2 Å². The first kappa shape index (κ1) is 13.7. The quantitative estimate of drug-likeness (QED) is 0.854. The van der Waals surface area contributed by atoms with Gasteiger partial charge in [-0.25, -0.2) is 4.98 Å². The van der Waals surface area contributed by atoms with Crippen molar-refractivity contribution in [1.29, 1.82) is 0 Å². The van der Waals surface area contributed by atoms with Crippen molar-refractivity contribution < 1.29 is 4.74 Å². The van der Waals surface area contributed by atoms with E-state index in [0.29, 0.717) is 4.64 Å². The molecule has 2 aromatic rings. The van der Waals surface area contributed by atoms with Crippen LogP contribution in [0.1, 0.15) is 24.7 Å². The molecule has 0 saturated heterocycles. The number of hydrogen-bond donors (Lipinski definition) is 1. The van der Waals surface area contributed by atoms with Gasteiger partial charge in [0.15, 0.2) is 0 Å². The molecule has 0 saturated carbocycles. The SMILES string of the molecule is CCCc1nc(=S)c(C)c(-c2ccccc2OC)[nH]1. The normalized spacial score (nSPS) is 10.5. The minimum atomic E-state index is 0.656. The molecule has 1 aromatic carbocycles. The van der Waals surface area contributed by atoms with Gasteiger partial charge < -0.3 is 9.72 Å². The summed E-state index contributed by atoms with van der Waals surface area (Å²) < 4.78 is 6.08. The Kier molecular flexibility index (Phi) is 4.32. The first-order valence-corrected chi connectivity index (χ1v) is 6.81. The summed E-state index contributed by atoms with van der Waals surface area (Å²) in [6.07, 6.45) is 1.93. The molecule has 0 aliphatic heterocycles. The van der Waals surface area contributed by atoms with Crippen molar-refractivity contribution in [3.8, 4) is 17.0 Å². The average Bonchev–Trinajstić information content (AvgIpc) is 2.43. The second-order valence-corrected chi connectivity index (χ2v) is 4.83. The van der Waals surface area contributed by atoms with E-state index in [2.05, 4.69) is 16.9 Å². The number of hydrogen-bond acceptors (Lipinski definition) is 3. The van der Waals surface area contributed by atoms with Gasteiger partial charge in [0, 0.05) is 17.5 Å². The predicted molar refractivity (Wildman–Crippen MR) is 80.1 cm³/mol. The van der Waals surface area contributed by atoms with Crippen LogP contribution < -0.4 is 4.74 Å². The number of aromatic amines is 1. The molecule has 0 spiro atoms. The third-order valence-electron chi connectivity index (χ3n) is 3.06. The first-order chi connectivity index (χ1) is 9.17. The molecule has 0 radical (unpaired) electrons. The van der Waals surface area contributed by atoms with Crippen LogP contribution in [-0.2, 0) is 6.42 Å². The van der Waals surface area contributed by atoms with E-state index < -0.39 is 0 Å². The maximum atomic E-state index is 5.42. The lowest BCUT2D eigenvalue weighted by Crippen LogP contribution is -2.01. The third kappa shape index (κ3) is 2.84. The van der Waals surface area contributed by atoms with Gasteiger partial charge >= 0.3 is 0 Å². The molecule has 0 bridgehead atoms. The highest BCUT2D eigenvalue weighted by Gasteiger charge is 2.11. The van der Waals surface area contributed by atoms with Crippen LogP contribution in [0.25, 0.3) is 11.3 Å². The fourth-order valence-corrected chi connectivity index (χ4v) is 2.27. The van der Waals surface area contributed by atoms with Gasteiger partial charge in [0.05, 0.1) is 12.8 Å². The Morgan fingerprint density at radius 1 is 1.32 bits per heavy atom. The van der Waals surface area contributed by atoms with E-state index in [1.54, 1.807) is 7.11 Å². The molecule has 0 fully saturated rings. The van der Waals surface area contributed by atoms with Gasteiger partial charge in [-0.2, -0.15) is 0 Å². The van der Waals surface area contributed by atoms with Gasteiger partial charge in [-0.15, -0.1) is 0 Å². The van der Waals surface area contributed by atoms with E-state index in [-0.39, 0.29) is 0 Å². The van der Waals surface area contributed by atoms with Crippen molar-refractivity contribution in [2.45, 2.75) is 26.7 Å². The maximum Gasteiger partial charge on any atom is 0.133 e. The van der Waals surface area contributed by atoms with Crippen LogP contribution in [0.15, 0.2) is 24.3 Å². The molecule has 0 aliphatic rings. The molecular formula is C15H18N2OS. The summed E-state index contributed by atoms with van der Waals surface area (Å²) in [6.45, 7) is 4.12.